The van der Waals surface area contributed by atoms with Gasteiger partial charge < -0.3 is 15.5 Å². The van der Waals surface area contributed by atoms with E-state index < -0.39 is 0 Å². The molecule has 3 aromatic rings. The first-order chi connectivity index (χ1) is 10.1. The highest BCUT2D eigenvalue weighted by Gasteiger charge is 2.12. The van der Waals surface area contributed by atoms with E-state index in [2.05, 4.69) is 23.5 Å². The maximum atomic E-state index is 9.95. The van der Waals surface area contributed by atoms with Gasteiger partial charge in [0.15, 0.2) is 0 Å². The fourth-order valence-electron chi connectivity index (χ4n) is 2.56. The van der Waals surface area contributed by atoms with Crippen LogP contribution in [0.25, 0.3) is 10.8 Å². The smallest absolute Gasteiger partial charge is 0.124 e. The molecule has 0 saturated carbocycles. The molecule has 0 amide bonds. The molecule has 3 aromatic carbocycles. The van der Waals surface area contributed by atoms with E-state index in [1.54, 1.807) is 12.1 Å². The molecule has 3 rings (SSSR count). The van der Waals surface area contributed by atoms with Gasteiger partial charge in [-0.3, -0.25) is 0 Å². The summed E-state index contributed by atoms with van der Waals surface area (Å²) in [7, 11) is 0. The van der Waals surface area contributed by atoms with Crippen molar-refractivity contribution in [3.63, 3.8) is 0 Å². The number of hydrogen-bond acceptors (Lipinski definition) is 3. The second kappa shape index (κ2) is 5.37. The highest BCUT2D eigenvalue weighted by Crippen LogP contribution is 2.32. The third kappa shape index (κ3) is 2.63. The van der Waals surface area contributed by atoms with E-state index in [-0.39, 0.29) is 17.5 Å². The van der Waals surface area contributed by atoms with Crippen molar-refractivity contribution < 1.29 is 10.2 Å². The number of benzene rings is 3. The summed E-state index contributed by atoms with van der Waals surface area (Å²) in [5.74, 6) is 0.156. The van der Waals surface area contributed by atoms with Gasteiger partial charge in [-0.05, 0) is 30.5 Å². The summed E-state index contributed by atoms with van der Waals surface area (Å²) in [4.78, 5) is 0. The Kier molecular flexibility index (Phi) is 3.40. The number of aromatic hydroxyl groups is 2. The predicted molar refractivity (Wildman–Crippen MR) is 85.8 cm³/mol. The fraction of sp³-hybridized carbons (Fsp3) is 0.111. The summed E-state index contributed by atoms with van der Waals surface area (Å²) in [6.45, 7) is 1.98. The van der Waals surface area contributed by atoms with Gasteiger partial charge >= 0.3 is 0 Å². The molecule has 0 aliphatic heterocycles. The molecule has 0 spiro atoms. The minimum absolute atomic E-state index is 0.0635. The lowest BCUT2D eigenvalue weighted by molar-refractivity contribution is 0.444. The van der Waals surface area contributed by atoms with Crippen molar-refractivity contribution in [2.75, 3.05) is 5.32 Å². The maximum absolute atomic E-state index is 9.95. The minimum Gasteiger partial charge on any atom is -0.508 e. The lowest BCUT2D eigenvalue weighted by Crippen LogP contribution is -2.07. The van der Waals surface area contributed by atoms with Crippen molar-refractivity contribution in [3.05, 3.63) is 66.2 Å². The molecule has 21 heavy (non-hydrogen) atoms. The number of nitrogens with one attached hydrogen (secondary N) is 1. The van der Waals surface area contributed by atoms with E-state index in [1.165, 1.54) is 11.5 Å². The number of anilines is 1. The monoisotopic (exact) mass is 279 g/mol. The van der Waals surface area contributed by atoms with Gasteiger partial charge in [-0.1, -0.05) is 36.4 Å². The van der Waals surface area contributed by atoms with Gasteiger partial charge in [0.1, 0.15) is 11.5 Å². The van der Waals surface area contributed by atoms with Crippen molar-refractivity contribution in [2.24, 2.45) is 0 Å². The molecule has 1 unspecified atom stereocenters. The Bertz CT molecular complexity index is 778. The quantitative estimate of drug-likeness (QED) is 0.665. The molecule has 0 radical (unpaired) electrons. The summed E-state index contributed by atoms with van der Waals surface area (Å²) >= 11 is 0. The Hall–Kier alpha value is -2.68. The third-order valence-corrected chi connectivity index (χ3v) is 3.64. The van der Waals surface area contributed by atoms with Crippen molar-refractivity contribution in [3.8, 4) is 11.5 Å². The van der Waals surface area contributed by atoms with E-state index in [1.807, 2.05) is 31.2 Å². The van der Waals surface area contributed by atoms with Crippen molar-refractivity contribution in [1.82, 2.24) is 0 Å². The molecule has 0 heterocycles. The Labute approximate surface area is 123 Å². The van der Waals surface area contributed by atoms with E-state index in [0.717, 1.165) is 16.6 Å². The van der Waals surface area contributed by atoms with Crippen LogP contribution in [0.2, 0.25) is 0 Å². The van der Waals surface area contributed by atoms with Gasteiger partial charge in [0.2, 0.25) is 0 Å². The first kappa shape index (κ1) is 13.3. The second-order valence-electron chi connectivity index (χ2n) is 5.14. The summed E-state index contributed by atoms with van der Waals surface area (Å²) in [5, 5.41) is 25.1. The summed E-state index contributed by atoms with van der Waals surface area (Å²) in [5.41, 5.74) is 1.77. The van der Waals surface area contributed by atoms with E-state index in [0.29, 0.717) is 0 Å². The molecule has 3 N–H and O–H groups in total. The number of rotatable bonds is 3. The lowest BCUT2D eigenvalue weighted by atomic mass is 10.0. The van der Waals surface area contributed by atoms with Gasteiger partial charge in [-0.25, -0.2) is 0 Å². The molecular formula is C18H17NO2. The Morgan fingerprint density at radius 2 is 1.67 bits per heavy atom. The first-order valence-corrected chi connectivity index (χ1v) is 6.91. The standard InChI is InChI=1S/C18H17NO2/c1-12(15-10-9-14(20)11-18(15)21)19-17-8-4-6-13-5-2-3-7-16(13)17/h2-12,19-21H,1H3. The molecular weight excluding hydrogens is 262 g/mol. The zero-order chi connectivity index (χ0) is 14.8. The van der Waals surface area contributed by atoms with Crippen LogP contribution in [0.5, 0.6) is 11.5 Å². The van der Waals surface area contributed by atoms with Crippen LogP contribution < -0.4 is 5.32 Å². The number of hydrogen-bond donors (Lipinski definition) is 3. The van der Waals surface area contributed by atoms with Crippen molar-refractivity contribution in [2.45, 2.75) is 13.0 Å². The van der Waals surface area contributed by atoms with E-state index in [4.69, 9.17) is 0 Å². The average molecular weight is 279 g/mol. The van der Waals surface area contributed by atoms with Gasteiger partial charge in [-0.15, -0.1) is 0 Å². The van der Waals surface area contributed by atoms with E-state index >= 15 is 0 Å². The minimum atomic E-state index is -0.0728. The molecule has 3 nitrogen and oxygen atoms in total. The molecule has 0 fully saturated rings. The molecule has 0 aliphatic carbocycles. The summed E-state index contributed by atoms with van der Waals surface area (Å²) in [6, 6.07) is 18.9. The maximum Gasteiger partial charge on any atom is 0.124 e. The van der Waals surface area contributed by atoms with Gasteiger partial charge in [-0.2, -0.15) is 0 Å². The highest BCUT2D eigenvalue weighted by molar-refractivity contribution is 5.93. The Balaban J connectivity index is 1.94. The fourth-order valence-corrected chi connectivity index (χ4v) is 2.56. The topological polar surface area (TPSA) is 52.5 Å². The number of fused-ring (bicyclic) bond motifs is 1. The van der Waals surface area contributed by atoms with Crippen molar-refractivity contribution in [1.29, 1.82) is 0 Å². The SMILES string of the molecule is CC(Nc1cccc2ccccc12)c1ccc(O)cc1O. The molecule has 1 atom stereocenters. The first-order valence-electron chi connectivity index (χ1n) is 6.91. The van der Waals surface area contributed by atoms with Gasteiger partial charge in [0, 0.05) is 22.7 Å². The predicted octanol–water partition coefficient (Wildman–Crippen LogP) is 4.42. The molecule has 0 aliphatic rings. The zero-order valence-corrected chi connectivity index (χ0v) is 11.7. The third-order valence-electron chi connectivity index (χ3n) is 3.64. The number of phenolic OH excluding ortho intramolecular Hbond substituents is 2. The van der Waals surface area contributed by atoms with Crippen LogP contribution in [0.15, 0.2) is 60.7 Å². The Morgan fingerprint density at radius 3 is 2.48 bits per heavy atom. The van der Waals surface area contributed by atoms with Crippen molar-refractivity contribution >= 4 is 16.5 Å². The molecule has 0 bridgehead atoms. The van der Waals surface area contributed by atoms with Crippen LogP contribution in [-0.2, 0) is 0 Å². The van der Waals surface area contributed by atoms with Crippen LogP contribution in [0.1, 0.15) is 18.5 Å². The summed E-state index contributed by atoms with van der Waals surface area (Å²) in [6.07, 6.45) is 0. The van der Waals surface area contributed by atoms with E-state index in [9.17, 15) is 10.2 Å². The normalized spacial score (nSPS) is 12.2. The second-order valence-corrected chi connectivity index (χ2v) is 5.14. The number of phenols is 2. The largest absolute Gasteiger partial charge is 0.508 e. The van der Waals surface area contributed by atoms with Crippen LogP contribution in [0.4, 0.5) is 5.69 Å². The summed E-state index contributed by atoms with van der Waals surface area (Å²) < 4.78 is 0. The van der Waals surface area contributed by atoms with Gasteiger partial charge in [0.25, 0.3) is 0 Å². The Morgan fingerprint density at radius 1 is 0.905 bits per heavy atom. The molecule has 0 aromatic heterocycles. The lowest BCUT2D eigenvalue weighted by Gasteiger charge is -2.18. The molecule has 3 heteroatoms. The zero-order valence-electron chi connectivity index (χ0n) is 11.7. The molecule has 106 valence electrons. The van der Waals surface area contributed by atoms with Crippen LogP contribution in [0.3, 0.4) is 0 Å². The molecule has 0 saturated heterocycles. The highest BCUT2D eigenvalue weighted by atomic mass is 16.3. The van der Waals surface area contributed by atoms with Crippen LogP contribution >= 0.6 is 0 Å². The average Bonchev–Trinajstić information content (AvgIpc) is 2.47. The van der Waals surface area contributed by atoms with Crippen LogP contribution in [0, 0.1) is 0 Å². The van der Waals surface area contributed by atoms with Crippen LogP contribution in [-0.4, -0.2) is 10.2 Å². The van der Waals surface area contributed by atoms with Gasteiger partial charge in [0.05, 0.1) is 6.04 Å².